The van der Waals surface area contributed by atoms with Gasteiger partial charge in [-0.2, -0.15) is 0 Å². The van der Waals surface area contributed by atoms with Crippen molar-refractivity contribution in [2.24, 2.45) is 5.92 Å². The second-order valence-electron chi connectivity index (χ2n) is 11.6. The Morgan fingerprint density at radius 1 is 0.979 bits per heavy atom. The summed E-state index contributed by atoms with van der Waals surface area (Å²) in [6.45, 7) is 1.93. The predicted molar refractivity (Wildman–Crippen MR) is 181 cm³/mol. The molecule has 0 fully saturated rings. The number of carbonyl (C=O) groups is 3. The Balaban J connectivity index is 1.33. The van der Waals surface area contributed by atoms with E-state index in [1.807, 2.05) is 36.4 Å². The number of hydrogen-bond donors (Lipinski definition) is 3. The van der Waals surface area contributed by atoms with E-state index in [1.165, 1.54) is 28.0 Å². The van der Waals surface area contributed by atoms with E-state index in [-0.39, 0.29) is 49.2 Å². The molecule has 0 bridgehead atoms. The zero-order valence-electron chi connectivity index (χ0n) is 26.4. The molecule has 4 aromatic rings. The minimum atomic E-state index is -2.14. The lowest BCUT2D eigenvalue weighted by atomic mass is 9.82. The molecule has 11 heteroatoms. The molecule has 48 heavy (non-hydrogen) atoms. The number of nitro groups is 1. The SMILES string of the molecule is C[C@H](/C=C/CC(=O)N(CCO)Cc1ccccc1)[C@@]1(O)C(=O)N(Cc2ccc(NC(=O)c3ccccc3)cc2)c2ccc([N+](=O)[O-])cc21. The van der Waals surface area contributed by atoms with Crippen LogP contribution in [0.15, 0.2) is 115 Å². The van der Waals surface area contributed by atoms with E-state index in [4.69, 9.17) is 0 Å². The molecular weight excluding hydrogens is 612 g/mol. The number of anilines is 2. The first-order valence-corrected chi connectivity index (χ1v) is 15.5. The summed E-state index contributed by atoms with van der Waals surface area (Å²) in [5.74, 6) is -2.03. The summed E-state index contributed by atoms with van der Waals surface area (Å²) >= 11 is 0. The predicted octanol–water partition coefficient (Wildman–Crippen LogP) is 5.19. The van der Waals surface area contributed by atoms with E-state index in [1.54, 1.807) is 67.6 Å². The maximum Gasteiger partial charge on any atom is 0.269 e. The van der Waals surface area contributed by atoms with Crippen LogP contribution in [-0.2, 0) is 28.3 Å². The fourth-order valence-corrected chi connectivity index (χ4v) is 5.73. The number of carbonyl (C=O) groups excluding carboxylic acids is 3. The van der Waals surface area contributed by atoms with Gasteiger partial charge in [-0.1, -0.05) is 79.7 Å². The lowest BCUT2D eigenvalue weighted by Crippen LogP contribution is -2.44. The number of nitro benzene ring substituents is 1. The van der Waals surface area contributed by atoms with Gasteiger partial charge in [0, 0.05) is 54.4 Å². The third-order valence-corrected chi connectivity index (χ3v) is 8.37. The van der Waals surface area contributed by atoms with Gasteiger partial charge in [-0.25, -0.2) is 0 Å². The first-order chi connectivity index (χ1) is 23.1. The first kappa shape index (κ1) is 33.7. The standard InChI is InChI=1S/C37H36N4O7/c1-26(9-8-14-34(43)39(21-22-42)24-27-10-4-2-5-11-27)37(46)32-23-31(41(47)48)19-20-33(32)40(36(37)45)25-28-15-17-30(18-16-28)38-35(44)29-12-6-3-7-13-29/h2-13,15-20,23,26,42,46H,14,21-22,24-25H2,1H3,(H,38,44)/b9-8+/t26-,37+/m1/s1. The minimum absolute atomic E-state index is 0.0416. The van der Waals surface area contributed by atoms with Crippen LogP contribution < -0.4 is 10.2 Å². The molecule has 2 atom stereocenters. The fraction of sp³-hybridized carbons (Fsp3) is 0.216. The van der Waals surface area contributed by atoms with Crippen LogP contribution in [0, 0.1) is 16.0 Å². The molecule has 0 spiro atoms. The van der Waals surface area contributed by atoms with E-state index in [0.717, 1.165) is 5.56 Å². The summed E-state index contributed by atoms with van der Waals surface area (Å²) in [6.07, 6.45) is 3.08. The van der Waals surface area contributed by atoms with Gasteiger partial charge in [-0.05, 0) is 41.5 Å². The van der Waals surface area contributed by atoms with E-state index in [9.17, 15) is 34.7 Å². The monoisotopic (exact) mass is 648 g/mol. The summed E-state index contributed by atoms with van der Waals surface area (Å²) in [4.78, 5) is 53.5. The van der Waals surface area contributed by atoms with Gasteiger partial charge < -0.3 is 25.3 Å². The van der Waals surface area contributed by atoms with E-state index < -0.39 is 22.3 Å². The maximum atomic E-state index is 14.0. The summed E-state index contributed by atoms with van der Waals surface area (Å²) in [5.41, 5.74) is 0.703. The Morgan fingerprint density at radius 2 is 1.65 bits per heavy atom. The number of nitrogens with one attached hydrogen (secondary N) is 1. The van der Waals surface area contributed by atoms with Crippen molar-refractivity contribution in [2.45, 2.75) is 32.0 Å². The Hall–Kier alpha value is -5.65. The topological polar surface area (TPSA) is 153 Å². The lowest BCUT2D eigenvalue weighted by Gasteiger charge is -2.28. The molecule has 1 aliphatic heterocycles. The van der Waals surface area contributed by atoms with Crippen molar-refractivity contribution in [1.29, 1.82) is 0 Å². The van der Waals surface area contributed by atoms with Crippen LogP contribution in [0.1, 0.15) is 40.4 Å². The molecule has 3 amide bonds. The molecule has 4 aromatic carbocycles. The molecule has 1 aliphatic rings. The van der Waals surface area contributed by atoms with Gasteiger partial charge in [0.2, 0.25) is 5.91 Å². The van der Waals surface area contributed by atoms with E-state index in [0.29, 0.717) is 29.0 Å². The molecule has 0 unspecified atom stereocenters. The van der Waals surface area contributed by atoms with Crippen LogP contribution in [0.25, 0.3) is 0 Å². The largest absolute Gasteiger partial charge is 0.395 e. The van der Waals surface area contributed by atoms with Crippen LogP contribution in [0.2, 0.25) is 0 Å². The van der Waals surface area contributed by atoms with Crippen LogP contribution in [0.5, 0.6) is 0 Å². The Kier molecular flexibility index (Phi) is 10.4. The van der Waals surface area contributed by atoms with Crippen molar-refractivity contribution in [3.05, 3.63) is 148 Å². The van der Waals surface area contributed by atoms with Gasteiger partial charge in [0.1, 0.15) is 0 Å². The van der Waals surface area contributed by atoms with Gasteiger partial charge >= 0.3 is 0 Å². The number of amides is 3. The summed E-state index contributed by atoms with van der Waals surface area (Å²) in [5, 5.41) is 36.0. The fourth-order valence-electron chi connectivity index (χ4n) is 5.73. The number of aliphatic hydroxyl groups is 2. The summed E-state index contributed by atoms with van der Waals surface area (Å²) in [7, 11) is 0. The maximum absolute atomic E-state index is 14.0. The highest BCUT2D eigenvalue weighted by molar-refractivity contribution is 6.07. The second kappa shape index (κ2) is 14.8. The average molecular weight is 649 g/mol. The van der Waals surface area contributed by atoms with Crippen molar-refractivity contribution in [2.75, 3.05) is 23.4 Å². The van der Waals surface area contributed by atoms with Crippen molar-refractivity contribution in [1.82, 2.24) is 4.90 Å². The number of aliphatic hydroxyl groups excluding tert-OH is 1. The van der Waals surface area contributed by atoms with Crippen LogP contribution in [0.4, 0.5) is 17.1 Å². The Morgan fingerprint density at radius 3 is 2.29 bits per heavy atom. The molecule has 3 N–H and O–H groups in total. The summed E-state index contributed by atoms with van der Waals surface area (Å²) in [6, 6.07) is 29.0. The number of hydrogen-bond acceptors (Lipinski definition) is 7. The molecule has 246 valence electrons. The quantitative estimate of drug-likeness (QED) is 0.103. The molecular formula is C37H36N4O7. The normalized spacial score (nSPS) is 16.1. The van der Waals surface area contributed by atoms with E-state index >= 15 is 0 Å². The first-order valence-electron chi connectivity index (χ1n) is 15.5. The molecule has 1 heterocycles. The smallest absolute Gasteiger partial charge is 0.269 e. The van der Waals surface area contributed by atoms with Crippen molar-refractivity contribution in [3.8, 4) is 0 Å². The molecule has 0 aliphatic carbocycles. The molecule has 11 nitrogen and oxygen atoms in total. The van der Waals surface area contributed by atoms with Crippen molar-refractivity contribution in [3.63, 3.8) is 0 Å². The number of non-ortho nitro benzene ring substituents is 1. The minimum Gasteiger partial charge on any atom is -0.395 e. The van der Waals surface area contributed by atoms with Gasteiger partial charge in [-0.15, -0.1) is 0 Å². The van der Waals surface area contributed by atoms with Crippen LogP contribution in [-0.4, -0.2) is 50.9 Å². The van der Waals surface area contributed by atoms with Gasteiger partial charge in [0.15, 0.2) is 5.60 Å². The molecule has 5 rings (SSSR count). The van der Waals surface area contributed by atoms with Crippen molar-refractivity contribution < 1.29 is 29.5 Å². The third-order valence-electron chi connectivity index (χ3n) is 8.37. The van der Waals surface area contributed by atoms with Crippen LogP contribution in [0.3, 0.4) is 0 Å². The highest BCUT2D eigenvalue weighted by Crippen LogP contribution is 2.47. The van der Waals surface area contributed by atoms with E-state index in [2.05, 4.69) is 5.32 Å². The van der Waals surface area contributed by atoms with Gasteiger partial charge in [-0.3, -0.25) is 24.5 Å². The highest BCUT2D eigenvalue weighted by Gasteiger charge is 2.53. The van der Waals surface area contributed by atoms with Gasteiger partial charge in [0.05, 0.1) is 23.8 Å². The zero-order valence-corrected chi connectivity index (χ0v) is 26.4. The zero-order chi connectivity index (χ0) is 34.3. The molecule has 0 saturated heterocycles. The second-order valence-corrected chi connectivity index (χ2v) is 11.6. The Bertz CT molecular complexity index is 1810. The van der Waals surface area contributed by atoms with Gasteiger partial charge in [0.25, 0.3) is 17.5 Å². The van der Waals surface area contributed by atoms with Crippen LogP contribution >= 0.6 is 0 Å². The number of fused-ring (bicyclic) bond motifs is 1. The number of rotatable bonds is 13. The summed E-state index contributed by atoms with van der Waals surface area (Å²) < 4.78 is 0. The number of benzene rings is 4. The third kappa shape index (κ3) is 7.33. The average Bonchev–Trinajstić information content (AvgIpc) is 3.31. The molecule has 0 radical (unpaired) electrons. The highest BCUT2D eigenvalue weighted by atomic mass is 16.6. The number of nitrogens with zero attached hydrogens (tertiary/aromatic N) is 3. The molecule has 0 aromatic heterocycles. The van der Waals surface area contributed by atoms with Crippen molar-refractivity contribution >= 4 is 34.8 Å². The Labute approximate surface area is 277 Å². The lowest BCUT2D eigenvalue weighted by molar-refractivity contribution is -0.385. The molecule has 0 saturated carbocycles.